The molecule has 0 heterocycles. The largest absolute Gasteiger partial charge is 0.326 e. The molecule has 1 N–H and O–H groups in total. The van der Waals surface area contributed by atoms with Gasteiger partial charge in [-0.25, -0.2) is 0 Å². The summed E-state index contributed by atoms with van der Waals surface area (Å²) >= 11 is 0. The van der Waals surface area contributed by atoms with Gasteiger partial charge in [0.2, 0.25) is 5.91 Å². The van der Waals surface area contributed by atoms with Crippen molar-refractivity contribution in [3.63, 3.8) is 0 Å². The van der Waals surface area contributed by atoms with Gasteiger partial charge in [0.05, 0.1) is 0 Å². The van der Waals surface area contributed by atoms with Crippen LogP contribution < -0.4 is 5.32 Å². The lowest BCUT2D eigenvalue weighted by atomic mass is 10.1. The number of rotatable bonds is 4. The highest BCUT2D eigenvalue weighted by Crippen LogP contribution is 2.11. The lowest BCUT2D eigenvalue weighted by molar-refractivity contribution is -0.116. The van der Waals surface area contributed by atoms with Crippen molar-refractivity contribution in [2.45, 2.75) is 40.5 Å². The predicted octanol–water partition coefficient (Wildman–Crippen LogP) is 3.65. The number of amides is 1. The number of anilines is 1. The van der Waals surface area contributed by atoms with Gasteiger partial charge >= 0.3 is 0 Å². The van der Waals surface area contributed by atoms with Crippen LogP contribution in [0.2, 0.25) is 0 Å². The third kappa shape index (κ3) is 5.85. The summed E-state index contributed by atoms with van der Waals surface area (Å²) in [6.45, 7) is 7.46. The summed E-state index contributed by atoms with van der Waals surface area (Å²) in [7, 11) is 0. The van der Waals surface area contributed by atoms with E-state index in [-0.39, 0.29) is 11.7 Å². The van der Waals surface area contributed by atoms with Gasteiger partial charge in [0.1, 0.15) is 0 Å². The van der Waals surface area contributed by atoms with Crippen LogP contribution in [0.1, 0.15) is 50.9 Å². The molecular formula is C14H21NO2. The van der Waals surface area contributed by atoms with E-state index in [4.69, 9.17) is 0 Å². The van der Waals surface area contributed by atoms with Crippen molar-refractivity contribution < 1.29 is 9.59 Å². The summed E-state index contributed by atoms with van der Waals surface area (Å²) in [5, 5.41) is 2.75. The van der Waals surface area contributed by atoms with Crippen LogP contribution in [0.25, 0.3) is 0 Å². The maximum Gasteiger partial charge on any atom is 0.224 e. The van der Waals surface area contributed by atoms with Gasteiger partial charge in [0, 0.05) is 17.7 Å². The number of carbonyl (C=O) groups is 2. The molecule has 0 aromatic heterocycles. The van der Waals surface area contributed by atoms with Gasteiger partial charge in [-0.3, -0.25) is 9.59 Å². The molecule has 0 saturated carbocycles. The summed E-state index contributed by atoms with van der Waals surface area (Å²) in [6.07, 6.45) is 1.32. The smallest absolute Gasteiger partial charge is 0.224 e. The van der Waals surface area contributed by atoms with E-state index >= 15 is 0 Å². The lowest BCUT2D eigenvalue weighted by Crippen LogP contribution is -2.10. The van der Waals surface area contributed by atoms with E-state index < -0.39 is 0 Å². The second-order valence-corrected chi connectivity index (χ2v) is 3.44. The zero-order valence-electron chi connectivity index (χ0n) is 11.0. The van der Waals surface area contributed by atoms with Crippen molar-refractivity contribution in [3.8, 4) is 0 Å². The van der Waals surface area contributed by atoms with Crippen LogP contribution in [-0.4, -0.2) is 11.7 Å². The molecule has 94 valence electrons. The molecule has 0 aliphatic rings. The quantitative estimate of drug-likeness (QED) is 0.809. The Labute approximate surface area is 103 Å². The van der Waals surface area contributed by atoms with Gasteiger partial charge in [0.15, 0.2) is 5.78 Å². The fraction of sp³-hybridized carbons (Fsp3) is 0.429. The van der Waals surface area contributed by atoms with E-state index in [0.29, 0.717) is 17.7 Å². The van der Waals surface area contributed by atoms with E-state index in [1.54, 1.807) is 24.3 Å². The van der Waals surface area contributed by atoms with Gasteiger partial charge in [-0.1, -0.05) is 32.9 Å². The minimum absolute atomic E-state index is 0.00147. The zero-order valence-corrected chi connectivity index (χ0v) is 11.0. The molecule has 1 aromatic carbocycles. The normalized spacial score (nSPS) is 8.94. The number of nitrogens with one attached hydrogen (secondary N) is 1. The Morgan fingerprint density at radius 1 is 1.24 bits per heavy atom. The van der Waals surface area contributed by atoms with Crippen molar-refractivity contribution >= 4 is 17.4 Å². The first-order valence-electron chi connectivity index (χ1n) is 6.04. The van der Waals surface area contributed by atoms with Gasteiger partial charge in [-0.05, 0) is 25.5 Å². The molecule has 3 heteroatoms. The molecule has 0 aliphatic carbocycles. The molecule has 1 rings (SSSR count). The van der Waals surface area contributed by atoms with Crippen LogP contribution in [0.5, 0.6) is 0 Å². The number of hydrogen-bond donors (Lipinski definition) is 1. The minimum atomic E-state index is -0.0156. The number of hydrogen-bond acceptors (Lipinski definition) is 2. The maximum atomic E-state index is 11.3. The van der Waals surface area contributed by atoms with Crippen LogP contribution >= 0.6 is 0 Å². The topological polar surface area (TPSA) is 46.2 Å². The van der Waals surface area contributed by atoms with Crippen LogP contribution in [0, 0.1) is 0 Å². The Balaban J connectivity index is 0.00000121. The molecule has 3 nitrogen and oxygen atoms in total. The highest BCUT2D eigenvalue weighted by atomic mass is 16.1. The standard InChI is InChI=1S/C12H15NO2.C2H6/c1-3-5-12(15)13-11-7-4-6-10(8-11)9(2)14;1-2/h4,6-8H,3,5H2,1-2H3,(H,13,15);1-2H3. The van der Waals surface area contributed by atoms with Crippen LogP contribution in [0.15, 0.2) is 24.3 Å². The third-order valence-electron chi connectivity index (χ3n) is 2.03. The van der Waals surface area contributed by atoms with Crippen molar-refractivity contribution in [3.05, 3.63) is 29.8 Å². The van der Waals surface area contributed by atoms with Gasteiger partial charge in [-0.2, -0.15) is 0 Å². The van der Waals surface area contributed by atoms with E-state index in [0.717, 1.165) is 6.42 Å². The van der Waals surface area contributed by atoms with Gasteiger partial charge < -0.3 is 5.32 Å². The zero-order chi connectivity index (χ0) is 13.3. The Bertz CT molecular complexity index is 372. The number of benzene rings is 1. The number of carbonyl (C=O) groups excluding carboxylic acids is 2. The fourth-order valence-electron chi connectivity index (χ4n) is 1.27. The van der Waals surface area contributed by atoms with E-state index in [1.807, 2.05) is 20.8 Å². The van der Waals surface area contributed by atoms with Crippen LogP contribution in [0.3, 0.4) is 0 Å². The average Bonchev–Trinajstić information content (AvgIpc) is 2.32. The summed E-state index contributed by atoms with van der Waals surface area (Å²) in [5.74, 6) is -0.0141. The average molecular weight is 235 g/mol. The second kappa shape index (κ2) is 8.50. The minimum Gasteiger partial charge on any atom is -0.326 e. The monoisotopic (exact) mass is 235 g/mol. The summed E-state index contributed by atoms with van der Waals surface area (Å²) < 4.78 is 0. The number of Topliss-reactive ketones (excluding diaryl/α,β-unsaturated/α-hetero) is 1. The predicted molar refractivity (Wildman–Crippen MR) is 71.3 cm³/mol. The highest BCUT2D eigenvalue weighted by Gasteiger charge is 2.03. The van der Waals surface area contributed by atoms with Crippen LogP contribution in [-0.2, 0) is 4.79 Å². The SMILES string of the molecule is CC.CCCC(=O)Nc1cccc(C(C)=O)c1. The Kier molecular flexibility index (Phi) is 7.68. The molecule has 0 aliphatic heterocycles. The van der Waals surface area contributed by atoms with E-state index in [9.17, 15) is 9.59 Å². The summed E-state index contributed by atoms with van der Waals surface area (Å²) in [4.78, 5) is 22.4. The molecule has 1 aromatic rings. The van der Waals surface area contributed by atoms with Crippen molar-refractivity contribution in [2.24, 2.45) is 0 Å². The van der Waals surface area contributed by atoms with Crippen LogP contribution in [0.4, 0.5) is 5.69 Å². The van der Waals surface area contributed by atoms with Gasteiger partial charge in [-0.15, -0.1) is 0 Å². The fourth-order valence-corrected chi connectivity index (χ4v) is 1.27. The molecule has 17 heavy (non-hydrogen) atoms. The number of ketones is 1. The highest BCUT2D eigenvalue weighted by molar-refractivity contribution is 5.97. The first-order valence-corrected chi connectivity index (χ1v) is 6.04. The Morgan fingerprint density at radius 2 is 1.88 bits per heavy atom. The molecule has 0 saturated heterocycles. The van der Waals surface area contributed by atoms with E-state index in [2.05, 4.69) is 5.32 Å². The third-order valence-corrected chi connectivity index (χ3v) is 2.03. The summed E-state index contributed by atoms with van der Waals surface area (Å²) in [5.41, 5.74) is 1.30. The molecular weight excluding hydrogens is 214 g/mol. The lowest BCUT2D eigenvalue weighted by Gasteiger charge is -2.05. The Morgan fingerprint density at radius 3 is 2.41 bits per heavy atom. The van der Waals surface area contributed by atoms with Crippen molar-refractivity contribution in [1.82, 2.24) is 0 Å². The summed E-state index contributed by atoms with van der Waals surface area (Å²) in [6, 6.07) is 6.96. The molecule has 0 bridgehead atoms. The van der Waals surface area contributed by atoms with Crippen molar-refractivity contribution in [2.75, 3.05) is 5.32 Å². The molecule has 1 amide bonds. The van der Waals surface area contributed by atoms with Gasteiger partial charge in [0.25, 0.3) is 0 Å². The molecule has 0 atom stereocenters. The van der Waals surface area contributed by atoms with Crippen molar-refractivity contribution in [1.29, 1.82) is 0 Å². The van der Waals surface area contributed by atoms with E-state index in [1.165, 1.54) is 6.92 Å². The first-order chi connectivity index (χ1) is 8.13. The molecule has 0 unspecified atom stereocenters. The first kappa shape index (κ1) is 15.4. The second-order valence-electron chi connectivity index (χ2n) is 3.44. The molecule has 0 spiro atoms. The molecule has 0 radical (unpaired) electrons. The molecule has 0 fully saturated rings. The Hall–Kier alpha value is -1.64. The maximum absolute atomic E-state index is 11.3.